The summed E-state index contributed by atoms with van der Waals surface area (Å²) in [6.45, 7) is 8.49. The maximum atomic E-state index is 14.0. The van der Waals surface area contributed by atoms with E-state index in [2.05, 4.69) is 4.99 Å². The minimum absolute atomic E-state index is 0.0721. The highest BCUT2D eigenvalue weighted by Crippen LogP contribution is 2.34. The molecule has 26 heavy (non-hydrogen) atoms. The van der Waals surface area contributed by atoms with Gasteiger partial charge in [0.15, 0.2) is 29.1 Å². The highest BCUT2D eigenvalue weighted by Gasteiger charge is 2.30. The van der Waals surface area contributed by atoms with Crippen LogP contribution in [-0.2, 0) is 4.74 Å². The lowest BCUT2D eigenvalue weighted by Crippen LogP contribution is -2.35. The third kappa shape index (κ3) is 6.12. The Morgan fingerprint density at radius 2 is 1.88 bits per heavy atom. The zero-order valence-electron chi connectivity index (χ0n) is 15.5. The molecule has 0 saturated heterocycles. The van der Waals surface area contributed by atoms with Crippen LogP contribution in [0.25, 0.3) is 0 Å². The van der Waals surface area contributed by atoms with E-state index < -0.39 is 29.2 Å². The van der Waals surface area contributed by atoms with E-state index in [1.807, 2.05) is 0 Å². The summed E-state index contributed by atoms with van der Waals surface area (Å²) in [4.78, 5) is 16.1. The number of hydrogen-bond donors (Lipinski definition) is 0. The van der Waals surface area contributed by atoms with Crippen LogP contribution in [-0.4, -0.2) is 33.5 Å². The second kappa shape index (κ2) is 9.55. The molecule has 0 aliphatic heterocycles. The van der Waals surface area contributed by atoms with Crippen molar-refractivity contribution in [2.45, 2.75) is 51.4 Å². The highest BCUT2D eigenvalue weighted by molar-refractivity contribution is 8.15. The molecule has 0 radical (unpaired) electrons. The fraction of sp³-hybridized carbons (Fsp3) is 0.529. The van der Waals surface area contributed by atoms with Crippen LogP contribution in [0.5, 0.6) is 0 Å². The van der Waals surface area contributed by atoms with Crippen LogP contribution in [0.4, 0.5) is 17.5 Å². The van der Waals surface area contributed by atoms with Crippen molar-refractivity contribution in [1.29, 1.82) is 0 Å². The number of amidine groups is 1. The molecular formula is C17H23F3N2O2S2. The summed E-state index contributed by atoms with van der Waals surface area (Å²) in [6.07, 6.45) is -0.894. The number of halogens is 3. The summed E-state index contributed by atoms with van der Waals surface area (Å²) in [5.74, 6) is -2.24. The number of thioether (sulfide) groups is 1. The molecule has 1 aromatic rings. The molecule has 9 heteroatoms. The van der Waals surface area contributed by atoms with Gasteiger partial charge in [0, 0.05) is 12.3 Å². The van der Waals surface area contributed by atoms with E-state index in [0.29, 0.717) is 4.31 Å². The number of amides is 1. The highest BCUT2D eigenvalue weighted by atomic mass is 32.2. The van der Waals surface area contributed by atoms with Gasteiger partial charge in [0.05, 0.1) is 0 Å². The fourth-order valence-electron chi connectivity index (χ4n) is 2.02. The monoisotopic (exact) mass is 408 g/mol. The fourth-order valence-corrected chi connectivity index (χ4v) is 3.43. The van der Waals surface area contributed by atoms with Crippen molar-refractivity contribution in [2.24, 2.45) is 4.99 Å². The Labute approximate surface area is 161 Å². The van der Waals surface area contributed by atoms with Crippen LogP contribution >= 0.6 is 24.1 Å². The van der Waals surface area contributed by atoms with Gasteiger partial charge in [-0.05, 0) is 38.3 Å². The van der Waals surface area contributed by atoms with Crippen molar-refractivity contribution >= 4 is 35.4 Å². The number of aliphatic imine (C=N–C) groups is 1. The summed E-state index contributed by atoms with van der Waals surface area (Å²) in [7, 11) is 1.41. The van der Waals surface area contributed by atoms with Gasteiger partial charge in [-0.3, -0.25) is 4.99 Å². The zero-order chi connectivity index (χ0) is 20.1. The molecule has 0 aliphatic rings. The molecule has 0 aliphatic carbocycles. The predicted molar refractivity (Wildman–Crippen MR) is 102 cm³/mol. The van der Waals surface area contributed by atoms with E-state index in [-0.39, 0.29) is 28.3 Å². The Morgan fingerprint density at radius 1 is 1.27 bits per heavy atom. The quantitative estimate of drug-likeness (QED) is 0.351. The lowest BCUT2D eigenvalue weighted by Gasteiger charge is -2.27. The standard InChI is InChI=1S/C17H23F3N2O2S2/c1-10(12-8-7-9-13(18)14(12)19)11(2)25-15(21-6)22(26-20)16(23)24-17(3,4)5/h7-11H,1-6H3/t10-,11?/m1/s1. The molecule has 146 valence electrons. The first kappa shape index (κ1) is 22.7. The molecule has 1 rings (SSSR count). The van der Waals surface area contributed by atoms with E-state index in [1.54, 1.807) is 34.6 Å². The van der Waals surface area contributed by atoms with Gasteiger partial charge < -0.3 is 4.74 Å². The number of benzene rings is 1. The van der Waals surface area contributed by atoms with Gasteiger partial charge in [-0.1, -0.05) is 37.7 Å². The Kier molecular flexibility index (Phi) is 8.33. The van der Waals surface area contributed by atoms with E-state index in [9.17, 15) is 17.5 Å². The van der Waals surface area contributed by atoms with Crippen molar-refractivity contribution < 1.29 is 22.2 Å². The largest absolute Gasteiger partial charge is 0.443 e. The first-order valence-corrected chi connectivity index (χ1v) is 9.46. The van der Waals surface area contributed by atoms with Gasteiger partial charge in [0.25, 0.3) is 0 Å². The van der Waals surface area contributed by atoms with Gasteiger partial charge in [-0.2, -0.15) is 4.31 Å². The number of carbonyl (C=O) groups is 1. The SMILES string of the molecule is CN=C(SC(C)[C@@H](C)c1cccc(F)c1F)N(SF)C(=O)OC(C)(C)C. The molecule has 0 spiro atoms. The summed E-state index contributed by atoms with van der Waals surface area (Å²) < 4.78 is 46.7. The van der Waals surface area contributed by atoms with E-state index in [0.717, 1.165) is 17.8 Å². The van der Waals surface area contributed by atoms with Crippen LogP contribution in [0.1, 0.15) is 46.1 Å². The smallest absolute Gasteiger partial charge is 0.428 e. The van der Waals surface area contributed by atoms with Gasteiger partial charge in [-0.25, -0.2) is 13.6 Å². The number of ether oxygens (including phenoxy) is 1. The Bertz CT molecular complexity index is 666. The topological polar surface area (TPSA) is 41.9 Å². The van der Waals surface area contributed by atoms with Crippen molar-refractivity contribution in [3.63, 3.8) is 0 Å². The summed E-state index contributed by atoms with van der Waals surface area (Å²) in [5, 5.41) is -0.245. The van der Waals surface area contributed by atoms with Crippen LogP contribution in [0.3, 0.4) is 0 Å². The molecule has 1 amide bonds. The third-order valence-corrected chi connectivity index (χ3v) is 5.39. The van der Waals surface area contributed by atoms with Crippen LogP contribution in [0.15, 0.2) is 23.2 Å². The maximum Gasteiger partial charge on any atom is 0.428 e. The Balaban J connectivity index is 2.94. The van der Waals surface area contributed by atoms with Crippen LogP contribution < -0.4 is 0 Å². The minimum Gasteiger partial charge on any atom is -0.443 e. The Morgan fingerprint density at radius 3 is 2.38 bits per heavy atom. The maximum absolute atomic E-state index is 14.0. The average Bonchev–Trinajstić information content (AvgIpc) is 2.54. The molecule has 1 aromatic carbocycles. The van der Waals surface area contributed by atoms with Crippen LogP contribution in [0.2, 0.25) is 0 Å². The molecule has 0 bridgehead atoms. The average molecular weight is 409 g/mol. The molecule has 0 aromatic heterocycles. The minimum atomic E-state index is -0.925. The third-order valence-electron chi connectivity index (χ3n) is 3.46. The van der Waals surface area contributed by atoms with Gasteiger partial charge in [0.2, 0.25) is 0 Å². The number of carbonyl (C=O) groups excluding carboxylic acids is 1. The molecule has 0 saturated carbocycles. The molecule has 1 unspecified atom stereocenters. The van der Waals surface area contributed by atoms with Crippen molar-refractivity contribution in [1.82, 2.24) is 4.31 Å². The first-order valence-electron chi connectivity index (χ1n) is 7.91. The molecular weight excluding hydrogens is 385 g/mol. The summed E-state index contributed by atoms with van der Waals surface area (Å²) in [5.41, 5.74) is -0.588. The summed E-state index contributed by atoms with van der Waals surface area (Å²) in [6, 6.07) is 3.98. The number of rotatable bonds is 4. The first-order chi connectivity index (χ1) is 12.0. The molecule has 2 atom stereocenters. The molecule has 4 nitrogen and oxygen atoms in total. The number of nitrogens with zero attached hydrogens (tertiary/aromatic N) is 2. The predicted octanol–water partition coefficient (Wildman–Crippen LogP) is 5.95. The van der Waals surface area contributed by atoms with Crippen LogP contribution in [0, 0.1) is 11.6 Å². The second-order valence-electron chi connectivity index (χ2n) is 6.60. The molecule has 0 N–H and O–H groups in total. The second-order valence-corrected chi connectivity index (χ2v) is 8.45. The Hall–Kier alpha value is -1.35. The van der Waals surface area contributed by atoms with Crippen molar-refractivity contribution in [3.05, 3.63) is 35.4 Å². The summed E-state index contributed by atoms with van der Waals surface area (Å²) >= 11 is 0.754. The van der Waals surface area contributed by atoms with Gasteiger partial charge in [-0.15, -0.1) is 3.89 Å². The van der Waals surface area contributed by atoms with Crippen molar-refractivity contribution in [3.8, 4) is 0 Å². The number of hydrogen-bond acceptors (Lipinski definition) is 5. The zero-order valence-corrected chi connectivity index (χ0v) is 17.2. The van der Waals surface area contributed by atoms with Gasteiger partial charge in [0.1, 0.15) is 5.60 Å². The normalized spacial score (nSPS) is 14.7. The molecule has 0 fully saturated rings. The van der Waals surface area contributed by atoms with Gasteiger partial charge >= 0.3 is 6.09 Å². The lowest BCUT2D eigenvalue weighted by molar-refractivity contribution is 0.0474. The van der Waals surface area contributed by atoms with E-state index in [1.165, 1.54) is 19.2 Å². The lowest BCUT2D eigenvalue weighted by atomic mass is 9.97. The van der Waals surface area contributed by atoms with Crippen molar-refractivity contribution in [2.75, 3.05) is 7.05 Å². The van der Waals surface area contributed by atoms with E-state index in [4.69, 9.17) is 4.74 Å². The van der Waals surface area contributed by atoms with E-state index >= 15 is 0 Å². The molecule has 0 heterocycles.